The monoisotopic (exact) mass is 276 g/mol. The van der Waals surface area contributed by atoms with Crippen molar-refractivity contribution >= 4 is 5.91 Å². The first-order valence-electron chi connectivity index (χ1n) is 7.34. The summed E-state index contributed by atoms with van der Waals surface area (Å²) in [6.45, 7) is 11.1. The van der Waals surface area contributed by atoms with Crippen molar-refractivity contribution in [1.82, 2.24) is 5.32 Å². The molecule has 0 bridgehead atoms. The Morgan fingerprint density at radius 3 is 2.20 bits per heavy atom. The summed E-state index contributed by atoms with van der Waals surface area (Å²) in [6.07, 6.45) is 0.487. The van der Waals surface area contributed by atoms with Gasteiger partial charge in [0, 0.05) is 6.42 Å². The molecule has 1 aromatic carbocycles. The maximum absolute atomic E-state index is 11.9. The lowest BCUT2D eigenvalue weighted by atomic mass is 9.86. The van der Waals surface area contributed by atoms with Crippen LogP contribution in [0.3, 0.4) is 0 Å². The van der Waals surface area contributed by atoms with Crippen LogP contribution in [0.2, 0.25) is 0 Å². The third kappa shape index (κ3) is 4.97. The van der Waals surface area contributed by atoms with Crippen molar-refractivity contribution < 1.29 is 4.79 Å². The van der Waals surface area contributed by atoms with Crippen molar-refractivity contribution in [3.63, 3.8) is 0 Å². The van der Waals surface area contributed by atoms with Gasteiger partial charge in [-0.1, -0.05) is 52.0 Å². The Hall–Kier alpha value is -1.35. The molecule has 0 saturated carbocycles. The van der Waals surface area contributed by atoms with Crippen molar-refractivity contribution in [1.29, 1.82) is 0 Å². The Labute approximate surface area is 122 Å². The largest absolute Gasteiger partial charge is 0.350 e. The van der Waals surface area contributed by atoms with Gasteiger partial charge in [0.2, 0.25) is 5.91 Å². The van der Waals surface area contributed by atoms with E-state index in [4.69, 9.17) is 5.73 Å². The van der Waals surface area contributed by atoms with Gasteiger partial charge in [-0.3, -0.25) is 4.79 Å². The summed E-state index contributed by atoms with van der Waals surface area (Å²) in [4.78, 5) is 11.9. The molecule has 0 radical (unpaired) electrons. The number of carbonyl (C=O) groups is 1. The summed E-state index contributed by atoms with van der Waals surface area (Å²) in [5, 5.41) is 3.03. The molecule has 0 aliphatic heterocycles. The molecule has 0 saturated heterocycles. The van der Waals surface area contributed by atoms with E-state index in [0.717, 1.165) is 5.56 Å². The van der Waals surface area contributed by atoms with Gasteiger partial charge in [-0.25, -0.2) is 0 Å². The van der Waals surface area contributed by atoms with Gasteiger partial charge < -0.3 is 11.1 Å². The molecule has 112 valence electrons. The van der Waals surface area contributed by atoms with E-state index in [9.17, 15) is 4.79 Å². The van der Waals surface area contributed by atoms with Crippen LogP contribution in [0.4, 0.5) is 0 Å². The molecule has 2 atom stereocenters. The molecule has 3 N–H and O–H groups in total. The quantitative estimate of drug-likeness (QED) is 0.868. The number of benzene rings is 1. The third-order valence-electron chi connectivity index (χ3n) is 3.59. The second-order valence-electron chi connectivity index (χ2n) is 6.71. The second-order valence-corrected chi connectivity index (χ2v) is 6.71. The molecule has 3 heteroatoms. The van der Waals surface area contributed by atoms with Gasteiger partial charge in [0.05, 0.1) is 6.04 Å². The fourth-order valence-electron chi connectivity index (χ4n) is 2.06. The second kappa shape index (κ2) is 6.89. The minimum absolute atomic E-state index is 0.0292. The van der Waals surface area contributed by atoms with Crippen LogP contribution in [0.15, 0.2) is 24.3 Å². The number of amides is 1. The fraction of sp³-hybridized carbons (Fsp3) is 0.588. The van der Waals surface area contributed by atoms with E-state index in [1.165, 1.54) is 5.56 Å². The zero-order valence-corrected chi connectivity index (χ0v) is 13.4. The Kier molecular flexibility index (Phi) is 5.75. The summed E-state index contributed by atoms with van der Waals surface area (Å²) in [7, 11) is 0. The highest BCUT2D eigenvalue weighted by Crippen LogP contribution is 2.23. The van der Waals surface area contributed by atoms with E-state index in [2.05, 4.69) is 50.4 Å². The summed E-state index contributed by atoms with van der Waals surface area (Å²) in [6, 6.07) is 8.50. The minimum Gasteiger partial charge on any atom is -0.350 e. The van der Waals surface area contributed by atoms with Crippen molar-refractivity contribution in [3.8, 4) is 0 Å². The topological polar surface area (TPSA) is 55.1 Å². The Morgan fingerprint density at radius 1 is 1.20 bits per heavy atom. The maximum Gasteiger partial charge on any atom is 0.220 e. The van der Waals surface area contributed by atoms with Gasteiger partial charge in [-0.05, 0) is 35.9 Å². The van der Waals surface area contributed by atoms with Gasteiger partial charge in [0.1, 0.15) is 0 Å². The predicted molar refractivity (Wildman–Crippen MR) is 84.5 cm³/mol. The maximum atomic E-state index is 11.9. The Balaban J connectivity index is 2.64. The van der Waals surface area contributed by atoms with Crippen molar-refractivity contribution in [2.24, 2.45) is 11.7 Å². The lowest BCUT2D eigenvalue weighted by Gasteiger charge is -2.21. The van der Waals surface area contributed by atoms with Crippen molar-refractivity contribution in [3.05, 3.63) is 35.4 Å². The van der Waals surface area contributed by atoms with Crippen molar-refractivity contribution in [2.45, 2.75) is 52.5 Å². The van der Waals surface area contributed by atoms with Gasteiger partial charge in [-0.2, -0.15) is 0 Å². The number of carbonyl (C=O) groups excluding carboxylic acids is 1. The number of rotatable bonds is 5. The molecule has 0 aromatic heterocycles. The van der Waals surface area contributed by atoms with E-state index < -0.39 is 0 Å². The molecule has 0 aliphatic rings. The zero-order valence-electron chi connectivity index (χ0n) is 13.4. The van der Waals surface area contributed by atoms with Gasteiger partial charge in [0.25, 0.3) is 0 Å². The highest BCUT2D eigenvalue weighted by Gasteiger charge is 2.15. The summed E-state index contributed by atoms with van der Waals surface area (Å²) in [5.41, 5.74) is 8.13. The summed E-state index contributed by atoms with van der Waals surface area (Å²) < 4.78 is 0. The van der Waals surface area contributed by atoms with E-state index in [0.29, 0.717) is 13.0 Å². The number of nitrogens with one attached hydrogen (secondary N) is 1. The normalized spacial score (nSPS) is 14.7. The first kappa shape index (κ1) is 16.7. The Bertz CT molecular complexity index is 431. The van der Waals surface area contributed by atoms with Crippen LogP contribution >= 0.6 is 0 Å². The van der Waals surface area contributed by atoms with Crippen LogP contribution in [-0.2, 0) is 10.2 Å². The highest BCUT2D eigenvalue weighted by molar-refractivity contribution is 5.76. The first-order chi connectivity index (χ1) is 9.24. The minimum atomic E-state index is 0.0292. The van der Waals surface area contributed by atoms with Gasteiger partial charge >= 0.3 is 0 Å². The molecule has 20 heavy (non-hydrogen) atoms. The van der Waals surface area contributed by atoms with E-state index in [1.54, 1.807) is 0 Å². The predicted octanol–water partition coefficient (Wildman–Crippen LogP) is 3.15. The molecule has 0 spiro atoms. The third-order valence-corrected chi connectivity index (χ3v) is 3.59. The molecule has 1 rings (SSSR count). The zero-order chi connectivity index (χ0) is 15.3. The molecule has 3 nitrogen and oxygen atoms in total. The SMILES string of the molecule is CC(CN)CC(=O)NC(C)c1ccc(C(C)(C)C)cc1. The number of hydrogen-bond donors (Lipinski definition) is 2. The molecular weight excluding hydrogens is 248 g/mol. The molecule has 2 unspecified atom stereocenters. The molecule has 0 fully saturated rings. The molecule has 1 amide bonds. The average Bonchev–Trinajstić information content (AvgIpc) is 2.37. The standard InChI is InChI=1S/C17H28N2O/c1-12(11-18)10-16(20)19-13(2)14-6-8-15(9-7-14)17(3,4)5/h6-9,12-13H,10-11,18H2,1-5H3,(H,19,20). The Morgan fingerprint density at radius 2 is 1.75 bits per heavy atom. The highest BCUT2D eigenvalue weighted by atomic mass is 16.1. The van der Waals surface area contributed by atoms with Crippen LogP contribution in [0.5, 0.6) is 0 Å². The van der Waals surface area contributed by atoms with Crippen molar-refractivity contribution in [2.75, 3.05) is 6.54 Å². The molecule has 0 heterocycles. The number of nitrogens with two attached hydrogens (primary N) is 1. The smallest absolute Gasteiger partial charge is 0.220 e. The lowest BCUT2D eigenvalue weighted by molar-refractivity contribution is -0.122. The van der Waals surface area contributed by atoms with E-state index in [-0.39, 0.29) is 23.3 Å². The van der Waals surface area contributed by atoms with Crippen LogP contribution in [0.25, 0.3) is 0 Å². The van der Waals surface area contributed by atoms with Gasteiger partial charge in [0.15, 0.2) is 0 Å². The first-order valence-corrected chi connectivity index (χ1v) is 7.34. The fourth-order valence-corrected chi connectivity index (χ4v) is 2.06. The van der Waals surface area contributed by atoms with Crippen LogP contribution < -0.4 is 11.1 Å². The van der Waals surface area contributed by atoms with Gasteiger partial charge in [-0.15, -0.1) is 0 Å². The van der Waals surface area contributed by atoms with Crippen LogP contribution in [0, 0.1) is 5.92 Å². The molecule has 1 aromatic rings. The summed E-state index contributed by atoms with van der Waals surface area (Å²) >= 11 is 0. The number of hydrogen-bond acceptors (Lipinski definition) is 2. The lowest BCUT2D eigenvalue weighted by Crippen LogP contribution is -2.29. The van der Waals surface area contributed by atoms with Crippen LogP contribution in [0.1, 0.15) is 58.2 Å². The molecule has 0 aliphatic carbocycles. The van der Waals surface area contributed by atoms with E-state index >= 15 is 0 Å². The average molecular weight is 276 g/mol. The van der Waals surface area contributed by atoms with E-state index in [1.807, 2.05) is 13.8 Å². The van der Waals surface area contributed by atoms with Crippen LogP contribution in [-0.4, -0.2) is 12.5 Å². The molecular formula is C17H28N2O. The summed E-state index contributed by atoms with van der Waals surface area (Å²) in [5.74, 6) is 0.292.